The van der Waals surface area contributed by atoms with Gasteiger partial charge in [0.2, 0.25) is 0 Å². The fraction of sp³-hybridized carbons (Fsp3) is 0.552. The van der Waals surface area contributed by atoms with Gasteiger partial charge in [-0.15, -0.1) is 0 Å². The number of ether oxygens (including phenoxy) is 1. The molecule has 1 saturated heterocycles. The summed E-state index contributed by atoms with van der Waals surface area (Å²) in [5.41, 5.74) is 4.38. The standard InChI is InChI=1S/C29H40N6O3/c1-18-27(26-19(2)34-38-20(26)3)32-29(22-6-5-7-25(14-22)37-17-24(36)16-30-4)33-28(18)31-15-21-10-12-35(13-11-21)23-8-9-23/h5-7,14,21,23-24,30,36H,8-13,15-17H2,1-4H3,(H,31,32,33). The molecule has 2 aliphatic rings. The van der Waals surface area contributed by atoms with E-state index in [4.69, 9.17) is 19.2 Å². The molecule has 9 heteroatoms. The van der Waals surface area contributed by atoms with E-state index in [1.807, 2.05) is 38.1 Å². The van der Waals surface area contributed by atoms with Crippen LogP contribution in [0.5, 0.6) is 5.75 Å². The van der Waals surface area contributed by atoms with Crippen LogP contribution < -0.4 is 15.4 Å². The van der Waals surface area contributed by atoms with Crippen molar-refractivity contribution in [1.29, 1.82) is 0 Å². The number of aliphatic hydroxyl groups is 1. The van der Waals surface area contributed by atoms with E-state index in [2.05, 4.69) is 27.6 Å². The van der Waals surface area contributed by atoms with E-state index in [-0.39, 0.29) is 6.61 Å². The van der Waals surface area contributed by atoms with E-state index in [0.717, 1.165) is 52.2 Å². The largest absolute Gasteiger partial charge is 0.491 e. The number of nitrogens with zero attached hydrogens (tertiary/aromatic N) is 4. The number of hydrogen-bond donors (Lipinski definition) is 3. The number of aryl methyl sites for hydroxylation is 2. The molecule has 0 amide bonds. The van der Waals surface area contributed by atoms with Crippen molar-refractivity contribution in [3.05, 3.63) is 41.3 Å². The van der Waals surface area contributed by atoms with Gasteiger partial charge >= 0.3 is 0 Å². The van der Waals surface area contributed by atoms with Crippen molar-refractivity contribution in [2.24, 2.45) is 5.92 Å². The van der Waals surface area contributed by atoms with Crippen LogP contribution in [0.4, 0.5) is 5.82 Å². The Labute approximate surface area is 225 Å². The van der Waals surface area contributed by atoms with E-state index in [1.54, 1.807) is 7.05 Å². The highest BCUT2D eigenvalue weighted by Crippen LogP contribution is 2.35. The van der Waals surface area contributed by atoms with E-state index in [9.17, 15) is 5.11 Å². The summed E-state index contributed by atoms with van der Waals surface area (Å²) in [5, 5.41) is 20.8. The van der Waals surface area contributed by atoms with E-state index >= 15 is 0 Å². The van der Waals surface area contributed by atoms with Crippen LogP contribution in [0, 0.1) is 26.7 Å². The van der Waals surface area contributed by atoms with Gasteiger partial charge in [0, 0.05) is 30.3 Å². The predicted molar refractivity (Wildman–Crippen MR) is 148 cm³/mol. The molecule has 3 aromatic rings. The minimum absolute atomic E-state index is 0.204. The first-order valence-corrected chi connectivity index (χ1v) is 13.8. The molecule has 1 aromatic carbocycles. The maximum atomic E-state index is 10.0. The zero-order valence-corrected chi connectivity index (χ0v) is 23.0. The molecule has 3 N–H and O–H groups in total. The van der Waals surface area contributed by atoms with Crippen molar-refractivity contribution in [2.75, 3.05) is 45.2 Å². The Morgan fingerprint density at radius 1 is 1.13 bits per heavy atom. The van der Waals surface area contributed by atoms with Crippen molar-refractivity contribution in [3.8, 4) is 28.4 Å². The van der Waals surface area contributed by atoms with Gasteiger partial charge in [0.05, 0.1) is 17.0 Å². The summed E-state index contributed by atoms with van der Waals surface area (Å²) in [6.45, 7) is 9.89. The smallest absolute Gasteiger partial charge is 0.162 e. The fourth-order valence-corrected chi connectivity index (χ4v) is 5.30. The maximum absolute atomic E-state index is 10.0. The third kappa shape index (κ3) is 6.17. The Hall–Kier alpha value is -3.01. The SMILES string of the molecule is CNCC(O)COc1cccc(-c2nc(NCC3CCN(C4CC4)CC3)c(C)c(-c3c(C)noc3C)n2)c1. The van der Waals surface area contributed by atoms with Crippen LogP contribution >= 0.6 is 0 Å². The van der Waals surface area contributed by atoms with E-state index in [1.165, 1.54) is 38.8 Å². The first-order valence-electron chi connectivity index (χ1n) is 13.8. The van der Waals surface area contributed by atoms with Crippen molar-refractivity contribution in [1.82, 2.24) is 25.3 Å². The molecule has 2 aromatic heterocycles. The highest BCUT2D eigenvalue weighted by atomic mass is 16.5. The highest BCUT2D eigenvalue weighted by Gasteiger charge is 2.31. The molecule has 5 rings (SSSR count). The molecule has 1 saturated carbocycles. The Kier molecular flexibility index (Phi) is 8.26. The lowest BCUT2D eigenvalue weighted by atomic mass is 9.96. The molecule has 1 atom stereocenters. The molecular formula is C29H40N6O3. The monoisotopic (exact) mass is 520 g/mol. The van der Waals surface area contributed by atoms with Gasteiger partial charge in [-0.25, -0.2) is 9.97 Å². The molecule has 0 radical (unpaired) electrons. The van der Waals surface area contributed by atoms with Crippen molar-refractivity contribution >= 4 is 5.82 Å². The number of aromatic nitrogens is 3. The van der Waals surface area contributed by atoms with Gasteiger partial charge in [-0.3, -0.25) is 0 Å². The van der Waals surface area contributed by atoms with Crippen LogP contribution in [-0.2, 0) is 0 Å². The Bertz CT molecular complexity index is 1210. The topological polar surface area (TPSA) is 109 Å². The van der Waals surface area contributed by atoms with Crippen molar-refractivity contribution in [2.45, 2.75) is 58.6 Å². The summed E-state index contributed by atoms with van der Waals surface area (Å²) < 4.78 is 11.3. The van der Waals surface area contributed by atoms with Crippen LogP contribution in [0.2, 0.25) is 0 Å². The third-order valence-corrected chi connectivity index (χ3v) is 7.66. The average molecular weight is 521 g/mol. The number of likely N-dealkylation sites (N-methyl/N-ethyl adjacent to an activating group) is 1. The quantitative estimate of drug-likeness (QED) is 0.346. The summed E-state index contributed by atoms with van der Waals surface area (Å²) in [7, 11) is 1.80. The summed E-state index contributed by atoms with van der Waals surface area (Å²) >= 11 is 0. The predicted octanol–water partition coefficient (Wildman–Crippen LogP) is 3.97. The number of anilines is 1. The molecule has 38 heavy (non-hydrogen) atoms. The fourth-order valence-electron chi connectivity index (χ4n) is 5.30. The van der Waals surface area contributed by atoms with Crippen molar-refractivity contribution < 1.29 is 14.4 Å². The lowest BCUT2D eigenvalue weighted by molar-refractivity contribution is 0.108. The zero-order valence-electron chi connectivity index (χ0n) is 23.0. The third-order valence-electron chi connectivity index (χ3n) is 7.66. The van der Waals surface area contributed by atoms with Gasteiger partial charge in [-0.2, -0.15) is 0 Å². The minimum atomic E-state index is -0.586. The summed E-state index contributed by atoms with van der Waals surface area (Å²) in [5.74, 6) is 3.48. The molecule has 0 bridgehead atoms. The lowest BCUT2D eigenvalue weighted by Gasteiger charge is -2.32. The molecule has 0 spiro atoms. The summed E-state index contributed by atoms with van der Waals surface area (Å²) in [4.78, 5) is 12.6. The highest BCUT2D eigenvalue weighted by molar-refractivity contribution is 5.74. The Morgan fingerprint density at radius 2 is 1.92 bits per heavy atom. The first kappa shape index (κ1) is 26.6. The number of hydrogen-bond acceptors (Lipinski definition) is 9. The second-order valence-corrected chi connectivity index (χ2v) is 10.7. The van der Waals surface area contributed by atoms with Crippen LogP contribution in [-0.4, -0.2) is 77.1 Å². The minimum Gasteiger partial charge on any atom is -0.491 e. The maximum Gasteiger partial charge on any atom is 0.162 e. The molecule has 1 aliphatic carbocycles. The first-order chi connectivity index (χ1) is 18.4. The molecule has 204 valence electrons. The molecule has 3 heterocycles. The molecule has 1 unspecified atom stereocenters. The van der Waals surface area contributed by atoms with E-state index < -0.39 is 6.10 Å². The number of benzene rings is 1. The Morgan fingerprint density at radius 3 is 2.61 bits per heavy atom. The second-order valence-electron chi connectivity index (χ2n) is 10.7. The second kappa shape index (κ2) is 11.8. The normalized spacial score (nSPS) is 17.5. The number of nitrogens with one attached hydrogen (secondary N) is 2. The van der Waals surface area contributed by atoms with Gasteiger partial charge in [-0.1, -0.05) is 17.3 Å². The number of likely N-dealkylation sites (tertiary alicyclic amines) is 1. The summed E-state index contributed by atoms with van der Waals surface area (Å²) in [6, 6.07) is 8.56. The van der Waals surface area contributed by atoms with Gasteiger partial charge in [0.15, 0.2) is 5.82 Å². The van der Waals surface area contributed by atoms with Crippen LogP contribution in [0.3, 0.4) is 0 Å². The van der Waals surface area contributed by atoms with Gasteiger partial charge in [-0.05, 0) is 84.6 Å². The van der Waals surface area contributed by atoms with Crippen LogP contribution in [0.25, 0.3) is 22.6 Å². The average Bonchev–Trinajstić information content (AvgIpc) is 3.72. The summed E-state index contributed by atoms with van der Waals surface area (Å²) in [6.07, 6.45) is 4.60. The van der Waals surface area contributed by atoms with Crippen molar-refractivity contribution in [3.63, 3.8) is 0 Å². The van der Waals surface area contributed by atoms with Crippen LogP contribution in [0.15, 0.2) is 28.8 Å². The van der Waals surface area contributed by atoms with E-state index in [0.29, 0.717) is 24.0 Å². The van der Waals surface area contributed by atoms with Gasteiger partial charge in [0.25, 0.3) is 0 Å². The zero-order chi connectivity index (χ0) is 26.6. The molecular weight excluding hydrogens is 480 g/mol. The number of aliphatic hydroxyl groups excluding tert-OH is 1. The molecule has 2 fully saturated rings. The molecule has 1 aliphatic heterocycles. The van der Waals surface area contributed by atoms with Gasteiger partial charge in [0.1, 0.15) is 30.0 Å². The number of rotatable bonds is 11. The lowest BCUT2D eigenvalue weighted by Crippen LogP contribution is -2.37. The Balaban J connectivity index is 1.40. The number of piperidine rings is 1. The van der Waals surface area contributed by atoms with Crippen LogP contribution in [0.1, 0.15) is 42.7 Å². The molecule has 9 nitrogen and oxygen atoms in total. The van der Waals surface area contributed by atoms with Gasteiger partial charge < -0.3 is 29.9 Å².